The van der Waals surface area contributed by atoms with Crippen LogP contribution in [-0.4, -0.2) is 6.54 Å². The van der Waals surface area contributed by atoms with Gasteiger partial charge in [-0.05, 0) is 29.3 Å². The van der Waals surface area contributed by atoms with Crippen LogP contribution in [0.4, 0.5) is 4.39 Å². The Morgan fingerprint density at radius 3 is 2.71 bits per heavy atom. The molecule has 0 unspecified atom stereocenters. The molecular formula is C17H15ClFNO. The maximum Gasteiger partial charge on any atom is 0.138 e. The number of halogens is 2. The van der Waals surface area contributed by atoms with Crippen LogP contribution in [0.2, 0.25) is 5.02 Å². The Hall–Kier alpha value is -1.86. The molecule has 0 aliphatic carbocycles. The lowest BCUT2D eigenvalue weighted by Gasteiger charge is -2.07. The molecule has 0 spiro atoms. The molecule has 2 nitrogen and oxygen atoms in total. The van der Waals surface area contributed by atoms with E-state index in [2.05, 4.69) is 11.8 Å². The summed E-state index contributed by atoms with van der Waals surface area (Å²) in [5.41, 5.74) is 7.40. The molecule has 0 atom stereocenters. The van der Waals surface area contributed by atoms with Crippen LogP contribution in [0.15, 0.2) is 42.5 Å². The summed E-state index contributed by atoms with van der Waals surface area (Å²) >= 11 is 6.05. The van der Waals surface area contributed by atoms with Crippen molar-refractivity contribution in [1.29, 1.82) is 0 Å². The Bertz CT molecular complexity index is 676. The largest absolute Gasteiger partial charge is 0.372 e. The highest BCUT2D eigenvalue weighted by molar-refractivity contribution is 6.31. The van der Waals surface area contributed by atoms with Crippen molar-refractivity contribution in [2.75, 3.05) is 6.54 Å². The van der Waals surface area contributed by atoms with Gasteiger partial charge in [-0.15, -0.1) is 0 Å². The Morgan fingerprint density at radius 2 is 1.95 bits per heavy atom. The van der Waals surface area contributed by atoms with Gasteiger partial charge in [0, 0.05) is 5.02 Å². The van der Waals surface area contributed by atoms with Gasteiger partial charge in [0.1, 0.15) is 5.82 Å². The molecule has 0 saturated heterocycles. The summed E-state index contributed by atoms with van der Waals surface area (Å²) in [7, 11) is 0. The molecule has 0 amide bonds. The van der Waals surface area contributed by atoms with Gasteiger partial charge in [0.25, 0.3) is 0 Å². The van der Waals surface area contributed by atoms with Gasteiger partial charge < -0.3 is 10.5 Å². The molecule has 2 aromatic carbocycles. The Kier molecular flexibility index (Phi) is 5.77. The Balaban J connectivity index is 1.99. The van der Waals surface area contributed by atoms with Crippen molar-refractivity contribution in [3.8, 4) is 11.8 Å². The SMILES string of the molecule is NCC#Cc1cc(COCc2ccccc2Cl)ccc1F. The third-order valence-corrected chi connectivity index (χ3v) is 3.21. The van der Waals surface area contributed by atoms with Crippen LogP contribution in [0.3, 0.4) is 0 Å². The molecule has 21 heavy (non-hydrogen) atoms. The van der Waals surface area contributed by atoms with Crippen molar-refractivity contribution in [2.24, 2.45) is 5.73 Å². The van der Waals surface area contributed by atoms with Crippen molar-refractivity contribution < 1.29 is 9.13 Å². The van der Waals surface area contributed by atoms with Gasteiger partial charge >= 0.3 is 0 Å². The van der Waals surface area contributed by atoms with E-state index in [1.807, 2.05) is 24.3 Å². The van der Waals surface area contributed by atoms with Gasteiger partial charge in [-0.3, -0.25) is 0 Å². The molecule has 4 heteroatoms. The highest BCUT2D eigenvalue weighted by atomic mass is 35.5. The zero-order valence-electron chi connectivity index (χ0n) is 11.4. The van der Waals surface area contributed by atoms with Gasteiger partial charge in [-0.25, -0.2) is 4.39 Å². The quantitative estimate of drug-likeness (QED) is 0.877. The van der Waals surface area contributed by atoms with Gasteiger partial charge in [-0.1, -0.05) is 47.7 Å². The monoisotopic (exact) mass is 303 g/mol. The third-order valence-electron chi connectivity index (χ3n) is 2.84. The third kappa shape index (κ3) is 4.57. The minimum Gasteiger partial charge on any atom is -0.372 e. The summed E-state index contributed by atoms with van der Waals surface area (Å²) in [4.78, 5) is 0. The lowest BCUT2D eigenvalue weighted by molar-refractivity contribution is 0.107. The number of nitrogens with two attached hydrogens (primary N) is 1. The fourth-order valence-corrected chi connectivity index (χ4v) is 1.99. The fourth-order valence-electron chi connectivity index (χ4n) is 1.80. The predicted octanol–water partition coefficient (Wildman–Crippen LogP) is 3.51. The van der Waals surface area contributed by atoms with E-state index >= 15 is 0 Å². The van der Waals surface area contributed by atoms with Crippen molar-refractivity contribution in [3.63, 3.8) is 0 Å². The highest BCUT2D eigenvalue weighted by Gasteiger charge is 2.03. The van der Waals surface area contributed by atoms with Crippen LogP contribution < -0.4 is 5.73 Å². The molecule has 2 rings (SSSR count). The highest BCUT2D eigenvalue weighted by Crippen LogP contribution is 2.17. The average Bonchev–Trinajstić information content (AvgIpc) is 2.49. The Labute approximate surface area is 128 Å². The fraction of sp³-hybridized carbons (Fsp3) is 0.176. The summed E-state index contributed by atoms with van der Waals surface area (Å²) < 4.78 is 19.1. The van der Waals surface area contributed by atoms with E-state index < -0.39 is 0 Å². The number of ether oxygens (including phenoxy) is 1. The first-order valence-corrected chi connectivity index (χ1v) is 6.87. The van der Waals surface area contributed by atoms with Gasteiger partial charge in [0.05, 0.1) is 25.3 Å². The van der Waals surface area contributed by atoms with Gasteiger partial charge in [0.15, 0.2) is 0 Å². The van der Waals surface area contributed by atoms with Crippen LogP contribution in [0, 0.1) is 17.7 Å². The maximum atomic E-state index is 13.5. The minimum absolute atomic E-state index is 0.201. The molecule has 0 fully saturated rings. The first-order valence-electron chi connectivity index (χ1n) is 6.49. The van der Waals surface area contributed by atoms with Crippen LogP contribution in [0.1, 0.15) is 16.7 Å². The molecule has 0 saturated carbocycles. The van der Waals surface area contributed by atoms with Crippen molar-refractivity contribution >= 4 is 11.6 Å². The van der Waals surface area contributed by atoms with Crippen LogP contribution in [0.5, 0.6) is 0 Å². The van der Waals surface area contributed by atoms with Crippen molar-refractivity contribution in [2.45, 2.75) is 13.2 Å². The molecule has 2 aromatic rings. The smallest absolute Gasteiger partial charge is 0.138 e. The first kappa shape index (κ1) is 15.5. The molecule has 0 radical (unpaired) electrons. The molecule has 0 aliphatic rings. The molecule has 0 aliphatic heterocycles. The van der Waals surface area contributed by atoms with Gasteiger partial charge in [0.2, 0.25) is 0 Å². The van der Waals surface area contributed by atoms with Crippen LogP contribution in [0.25, 0.3) is 0 Å². The van der Waals surface area contributed by atoms with E-state index in [9.17, 15) is 4.39 Å². The molecule has 0 bridgehead atoms. The lowest BCUT2D eigenvalue weighted by atomic mass is 10.1. The molecule has 108 valence electrons. The van der Waals surface area contributed by atoms with E-state index in [-0.39, 0.29) is 12.4 Å². The standard InChI is InChI=1S/C17H15ClFNO/c18-16-6-2-1-4-15(16)12-21-11-13-7-8-17(19)14(10-13)5-3-9-20/h1-2,4,6-8,10H,9,11-12,20H2. The first-order chi connectivity index (χ1) is 10.2. The summed E-state index contributed by atoms with van der Waals surface area (Å²) in [6.07, 6.45) is 0. The zero-order chi connectivity index (χ0) is 15.1. The summed E-state index contributed by atoms with van der Waals surface area (Å²) in [5.74, 6) is 4.99. The molecule has 0 aromatic heterocycles. The number of hydrogen-bond acceptors (Lipinski definition) is 2. The second kappa shape index (κ2) is 7.80. The second-order valence-corrected chi connectivity index (χ2v) is 4.81. The van der Waals surface area contributed by atoms with Crippen LogP contribution in [-0.2, 0) is 18.0 Å². The second-order valence-electron chi connectivity index (χ2n) is 4.40. The normalized spacial score (nSPS) is 10.0. The predicted molar refractivity (Wildman–Crippen MR) is 82.3 cm³/mol. The zero-order valence-corrected chi connectivity index (χ0v) is 12.2. The van der Waals surface area contributed by atoms with Crippen molar-refractivity contribution in [3.05, 3.63) is 70.0 Å². The van der Waals surface area contributed by atoms with Crippen molar-refractivity contribution in [1.82, 2.24) is 0 Å². The average molecular weight is 304 g/mol. The summed E-state index contributed by atoms with van der Waals surface area (Å²) in [6, 6.07) is 12.2. The maximum absolute atomic E-state index is 13.5. The Morgan fingerprint density at radius 1 is 1.14 bits per heavy atom. The summed E-state index contributed by atoms with van der Waals surface area (Å²) in [6.45, 7) is 0.969. The molecule has 2 N–H and O–H groups in total. The van der Waals surface area contributed by atoms with E-state index in [1.165, 1.54) is 6.07 Å². The van der Waals surface area contributed by atoms with Gasteiger partial charge in [-0.2, -0.15) is 0 Å². The lowest BCUT2D eigenvalue weighted by Crippen LogP contribution is -1.97. The number of hydrogen-bond donors (Lipinski definition) is 1. The molecule has 0 heterocycles. The van der Waals surface area contributed by atoms with E-state index in [1.54, 1.807) is 12.1 Å². The molecular weight excluding hydrogens is 289 g/mol. The topological polar surface area (TPSA) is 35.2 Å². The van der Waals surface area contributed by atoms with E-state index in [0.717, 1.165) is 11.1 Å². The minimum atomic E-state index is -0.356. The number of rotatable bonds is 4. The summed E-state index contributed by atoms with van der Waals surface area (Å²) in [5, 5.41) is 0.672. The number of benzene rings is 2. The van der Waals surface area contributed by atoms with Crippen LogP contribution >= 0.6 is 11.6 Å². The van der Waals surface area contributed by atoms with E-state index in [4.69, 9.17) is 22.1 Å². The van der Waals surface area contributed by atoms with E-state index in [0.29, 0.717) is 23.8 Å².